The summed E-state index contributed by atoms with van der Waals surface area (Å²) in [5.41, 5.74) is 0.564. The highest BCUT2D eigenvalue weighted by Crippen LogP contribution is 2.37. The molecule has 4 heterocycles. The Hall–Kier alpha value is -4.52. The number of methoxy groups -OCH3 is 1. The molecule has 1 N–H and O–H groups in total. The number of ether oxygens (including phenoxy) is 3. The third-order valence-corrected chi connectivity index (χ3v) is 8.87. The minimum Gasteiger partial charge on any atom is -0.496 e. The Morgan fingerprint density at radius 3 is 2.56 bits per heavy atom. The van der Waals surface area contributed by atoms with Crippen LogP contribution in [0.3, 0.4) is 0 Å². The predicted molar refractivity (Wildman–Crippen MR) is 160 cm³/mol. The van der Waals surface area contributed by atoms with E-state index in [4.69, 9.17) is 18.6 Å². The minimum absolute atomic E-state index is 0.0391. The molecule has 0 spiro atoms. The molecule has 43 heavy (non-hydrogen) atoms. The quantitative estimate of drug-likeness (QED) is 0.252. The van der Waals surface area contributed by atoms with Gasteiger partial charge in [-0.3, -0.25) is 9.36 Å². The molecular formula is C31H29N3O8S. The Morgan fingerprint density at radius 1 is 1.14 bits per heavy atom. The molecule has 3 aromatic heterocycles. The van der Waals surface area contributed by atoms with Gasteiger partial charge in [0.25, 0.3) is 5.56 Å². The molecule has 0 amide bonds. The summed E-state index contributed by atoms with van der Waals surface area (Å²) in [7, 11) is 1.58. The third kappa shape index (κ3) is 5.40. The molecule has 1 fully saturated rings. The fourth-order valence-electron chi connectivity index (χ4n) is 5.39. The molecule has 1 atom stereocenters. The van der Waals surface area contributed by atoms with E-state index >= 15 is 0 Å². The summed E-state index contributed by atoms with van der Waals surface area (Å²) in [5.74, 6) is -0.153. The maximum Gasteiger partial charge on any atom is 0.336 e. The maximum atomic E-state index is 14.3. The Kier molecular flexibility index (Phi) is 7.98. The van der Waals surface area contributed by atoms with E-state index < -0.39 is 23.3 Å². The summed E-state index contributed by atoms with van der Waals surface area (Å²) in [5, 5.41) is 9.71. The summed E-state index contributed by atoms with van der Waals surface area (Å²) in [4.78, 5) is 45.2. The molecule has 1 aliphatic heterocycles. The van der Waals surface area contributed by atoms with E-state index in [1.165, 1.54) is 48.1 Å². The van der Waals surface area contributed by atoms with Gasteiger partial charge in [-0.1, -0.05) is 18.2 Å². The van der Waals surface area contributed by atoms with Crippen LogP contribution in [0.2, 0.25) is 0 Å². The average molecular weight is 604 g/mol. The molecule has 5 aromatic rings. The summed E-state index contributed by atoms with van der Waals surface area (Å²) in [6.45, 7) is 3.02. The fraction of sp³-hybridized carbons (Fsp3) is 0.290. The lowest BCUT2D eigenvalue weighted by Gasteiger charge is -2.29. The van der Waals surface area contributed by atoms with Crippen LogP contribution in [-0.2, 0) is 16.0 Å². The Labute approximate surface area is 249 Å². The van der Waals surface area contributed by atoms with Crippen molar-refractivity contribution in [1.29, 1.82) is 0 Å². The highest BCUT2D eigenvalue weighted by molar-refractivity contribution is 7.22. The van der Waals surface area contributed by atoms with E-state index in [0.717, 1.165) is 10.1 Å². The van der Waals surface area contributed by atoms with Gasteiger partial charge < -0.3 is 23.7 Å². The van der Waals surface area contributed by atoms with E-state index in [0.29, 0.717) is 58.4 Å². The number of fused-ring (bicyclic) bond motifs is 1. The summed E-state index contributed by atoms with van der Waals surface area (Å²) in [6, 6.07) is 13.1. The molecule has 0 aliphatic carbocycles. The third-order valence-electron chi connectivity index (χ3n) is 7.57. The lowest BCUT2D eigenvalue weighted by Crippen LogP contribution is -2.40. The number of rotatable bonds is 9. The number of aromatic carboxylic acids is 1. The van der Waals surface area contributed by atoms with Crippen molar-refractivity contribution in [3.05, 3.63) is 98.5 Å². The zero-order chi connectivity index (χ0) is 30.1. The van der Waals surface area contributed by atoms with E-state index in [-0.39, 0.29) is 23.9 Å². The van der Waals surface area contributed by atoms with E-state index in [1.807, 2.05) is 24.3 Å². The fourth-order valence-corrected chi connectivity index (χ4v) is 6.63. The van der Waals surface area contributed by atoms with Crippen LogP contribution in [-0.4, -0.2) is 51.6 Å². The average Bonchev–Trinajstić information content (AvgIpc) is 3.68. The van der Waals surface area contributed by atoms with E-state index in [1.54, 1.807) is 18.6 Å². The number of aryl methyl sites for hydroxylation is 1. The molecular weight excluding hydrogens is 574 g/mol. The van der Waals surface area contributed by atoms with Gasteiger partial charge in [0, 0.05) is 18.8 Å². The van der Waals surface area contributed by atoms with Crippen molar-refractivity contribution in [3.63, 3.8) is 0 Å². The molecule has 2 aromatic carbocycles. The number of aromatic nitrogens is 3. The SMILES string of the molecule is COc1ccccc1C(Cn1c(=O)n(-c2ccc(C(=O)O)cc2)c(=O)c2c(C)c(-c3ncco3)sc21)OC1CCOCC1. The molecule has 1 saturated heterocycles. The van der Waals surface area contributed by atoms with Crippen LogP contribution < -0.4 is 16.0 Å². The zero-order valence-corrected chi connectivity index (χ0v) is 24.3. The number of carboxylic acids is 1. The molecule has 6 rings (SSSR count). The topological polar surface area (TPSA) is 135 Å². The second-order valence-electron chi connectivity index (χ2n) is 10.1. The van der Waals surface area contributed by atoms with Gasteiger partial charge in [0.2, 0.25) is 5.89 Å². The van der Waals surface area contributed by atoms with Gasteiger partial charge in [0.1, 0.15) is 22.9 Å². The second-order valence-corrected chi connectivity index (χ2v) is 11.1. The molecule has 0 bridgehead atoms. The molecule has 0 saturated carbocycles. The highest BCUT2D eigenvalue weighted by Gasteiger charge is 2.28. The zero-order valence-electron chi connectivity index (χ0n) is 23.5. The normalized spacial score (nSPS) is 14.7. The van der Waals surface area contributed by atoms with Crippen molar-refractivity contribution in [2.45, 2.75) is 38.5 Å². The number of nitrogens with zero attached hydrogens (tertiary/aromatic N) is 3. The second kappa shape index (κ2) is 12.0. The van der Waals surface area contributed by atoms with Crippen LogP contribution in [0, 0.1) is 6.92 Å². The van der Waals surface area contributed by atoms with Gasteiger partial charge >= 0.3 is 11.7 Å². The number of oxazole rings is 1. The van der Waals surface area contributed by atoms with Gasteiger partial charge in [-0.25, -0.2) is 19.1 Å². The molecule has 1 unspecified atom stereocenters. The summed E-state index contributed by atoms with van der Waals surface area (Å²) < 4.78 is 26.0. The number of benzene rings is 2. The van der Waals surface area contributed by atoms with Crippen molar-refractivity contribution >= 4 is 27.5 Å². The minimum atomic E-state index is -1.11. The van der Waals surface area contributed by atoms with Crippen molar-refractivity contribution in [3.8, 4) is 22.2 Å². The van der Waals surface area contributed by atoms with Crippen LogP contribution in [0.5, 0.6) is 5.75 Å². The Balaban J connectivity index is 1.57. The van der Waals surface area contributed by atoms with E-state index in [2.05, 4.69) is 4.98 Å². The number of para-hydroxylation sites is 1. The van der Waals surface area contributed by atoms with Crippen molar-refractivity contribution < 1.29 is 28.5 Å². The molecule has 222 valence electrons. The first-order valence-corrected chi connectivity index (χ1v) is 14.6. The lowest BCUT2D eigenvalue weighted by molar-refractivity contribution is -0.0752. The maximum absolute atomic E-state index is 14.3. The van der Waals surface area contributed by atoms with Gasteiger partial charge in [-0.05, 0) is 55.7 Å². The number of carbonyl (C=O) groups is 1. The lowest BCUT2D eigenvalue weighted by atomic mass is 10.1. The van der Waals surface area contributed by atoms with Crippen molar-refractivity contribution in [2.24, 2.45) is 0 Å². The molecule has 1 aliphatic rings. The van der Waals surface area contributed by atoms with Gasteiger partial charge in [-0.15, -0.1) is 11.3 Å². The monoisotopic (exact) mass is 603 g/mol. The van der Waals surface area contributed by atoms with Crippen LogP contribution in [0.4, 0.5) is 0 Å². The first-order valence-electron chi connectivity index (χ1n) is 13.8. The van der Waals surface area contributed by atoms with Crippen LogP contribution in [0.1, 0.15) is 40.4 Å². The highest BCUT2D eigenvalue weighted by atomic mass is 32.1. The summed E-state index contributed by atoms with van der Waals surface area (Å²) >= 11 is 1.25. The van der Waals surface area contributed by atoms with Crippen LogP contribution in [0.15, 0.2) is 75.0 Å². The van der Waals surface area contributed by atoms with Crippen LogP contribution in [0.25, 0.3) is 26.7 Å². The standard InChI is InChI=1S/C31H29N3O8S/c1-18-25-28(35)34(20-9-7-19(8-10-20)30(36)37)31(38)33(29(25)43-26(18)27-32-13-16-41-27)17-24(42-21-11-14-40-15-12-21)22-5-3-4-6-23(22)39-2/h3-10,13,16,21,24H,11-12,14-15,17H2,1-2H3,(H,36,37). The van der Waals surface area contributed by atoms with Gasteiger partial charge in [0.15, 0.2) is 0 Å². The molecule has 12 heteroatoms. The predicted octanol–water partition coefficient (Wildman–Crippen LogP) is 4.82. The van der Waals surface area contributed by atoms with Crippen molar-refractivity contribution in [1.82, 2.24) is 14.1 Å². The van der Waals surface area contributed by atoms with Crippen LogP contribution >= 0.6 is 11.3 Å². The molecule has 11 nitrogen and oxygen atoms in total. The number of carboxylic acid groups (broad SMARTS) is 1. The van der Waals surface area contributed by atoms with Crippen molar-refractivity contribution in [2.75, 3.05) is 20.3 Å². The first-order chi connectivity index (χ1) is 20.9. The Morgan fingerprint density at radius 2 is 1.88 bits per heavy atom. The largest absolute Gasteiger partial charge is 0.496 e. The smallest absolute Gasteiger partial charge is 0.336 e. The van der Waals surface area contributed by atoms with E-state index in [9.17, 15) is 19.5 Å². The first kappa shape index (κ1) is 28.6. The van der Waals surface area contributed by atoms with Gasteiger partial charge in [0.05, 0.1) is 47.5 Å². The Bertz CT molecular complexity index is 1880. The number of thiophene rings is 1. The number of hydrogen-bond donors (Lipinski definition) is 1. The number of hydrogen-bond acceptors (Lipinski definition) is 9. The van der Waals surface area contributed by atoms with Gasteiger partial charge in [-0.2, -0.15) is 0 Å². The summed E-state index contributed by atoms with van der Waals surface area (Å²) in [6.07, 6.45) is 3.68. The molecule has 0 radical (unpaired) electrons.